The lowest BCUT2D eigenvalue weighted by atomic mass is 10.0. The van der Waals surface area contributed by atoms with E-state index in [9.17, 15) is 15.0 Å². The van der Waals surface area contributed by atoms with Gasteiger partial charge < -0.3 is 15.3 Å². The van der Waals surface area contributed by atoms with E-state index in [2.05, 4.69) is 6.08 Å². The zero-order valence-electron chi connectivity index (χ0n) is 14.7. The Morgan fingerprint density at radius 3 is 2.08 bits per heavy atom. The highest BCUT2D eigenvalue weighted by Gasteiger charge is 2.12. The van der Waals surface area contributed by atoms with Crippen LogP contribution in [0.25, 0.3) is 0 Å². The quantitative estimate of drug-likeness (QED) is 0.253. The zero-order chi connectivity index (χ0) is 18.0. The molecule has 0 aromatic carbocycles. The van der Waals surface area contributed by atoms with Gasteiger partial charge in [-0.2, -0.15) is 0 Å². The van der Waals surface area contributed by atoms with Gasteiger partial charge in [-0.05, 0) is 25.7 Å². The minimum absolute atomic E-state index is 0.571. The van der Waals surface area contributed by atoms with Crippen molar-refractivity contribution in [2.45, 2.75) is 70.5 Å². The average Bonchev–Trinajstić information content (AvgIpc) is 2.57. The molecule has 0 aliphatic carbocycles. The molecule has 0 saturated heterocycles. The first-order valence-electron chi connectivity index (χ1n) is 8.83. The third-order valence-corrected chi connectivity index (χ3v) is 3.66. The van der Waals surface area contributed by atoms with E-state index >= 15 is 0 Å². The monoisotopic (exact) mass is 336 g/mol. The first kappa shape index (κ1) is 22.4. The molecular weight excluding hydrogens is 304 g/mol. The van der Waals surface area contributed by atoms with Gasteiger partial charge in [0.05, 0.1) is 12.2 Å². The smallest absolute Gasteiger partial charge is 0.328 e. The summed E-state index contributed by atoms with van der Waals surface area (Å²) < 4.78 is 0. The molecule has 0 radical (unpaired) electrons. The number of carboxylic acid groups (broad SMARTS) is 1. The maximum Gasteiger partial charge on any atom is 0.328 e. The number of hydrogen-bond donors (Lipinski definition) is 3. The molecule has 0 fully saturated rings. The Hall–Kier alpha value is -1.65. The third kappa shape index (κ3) is 15.3. The van der Waals surface area contributed by atoms with Crippen LogP contribution in [0.3, 0.4) is 0 Å². The summed E-state index contributed by atoms with van der Waals surface area (Å²) in [7, 11) is 0. The topological polar surface area (TPSA) is 77.8 Å². The number of rotatable bonds is 14. The molecule has 0 aliphatic rings. The number of aliphatic carboxylic acids is 1. The molecule has 2 unspecified atom stereocenters. The van der Waals surface area contributed by atoms with Crippen LogP contribution in [0.1, 0.15) is 58.3 Å². The first-order chi connectivity index (χ1) is 11.6. The lowest BCUT2D eigenvalue weighted by molar-refractivity contribution is -0.131. The SMILES string of the molecule is CCC(O)C(O)CCCCCCCC=CC=CC=CC=CC(=O)O. The molecule has 0 bridgehead atoms. The van der Waals surface area contributed by atoms with Crippen molar-refractivity contribution in [2.75, 3.05) is 0 Å². The fourth-order valence-electron chi connectivity index (χ4n) is 2.18. The number of aliphatic hydroxyl groups is 2. The molecule has 4 nitrogen and oxygen atoms in total. The second-order valence-corrected chi connectivity index (χ2v) is 5.78. The van der Waals surface area contributed by atoms with Crippen LogP contribution in [-0.4, -0.2) is 33.5 Å². The second kappa shape index (κ2) is 16.2. The van der Waals surface area contributed by atoms with Gasteiger partial charge in [0.25, 0.3) is 0 Å². The molecular formula is C20H32O4. The van der Waals surface area contributed by atoms with Gasteiger partial charge in [0.2, 0.25) is 0 Å². The number of unbranched alkanes of at least 4 members (excludes halogenated alkanes) is 5. The fourth-order valence-corrected chi connectivity index (χ4v) is 2.18. The highest BCUT2D eigenvalue weighted by molar-refractivity contribution is 5.80. The van der Waals surface area contributed by atoms with E-state index in [-0.39, 0.29) is 0 Å². The van der Waals surface area contributed by atoms with Crippen LogP contribution in [0.2, 0.25) is 0 Å². The van der Waals surface area contributed by atoms with Crippen molar-refractivity contribution in [1.82, 2.24) is 0 Å². The van der Waals surface area contributed by atoms with Gasteiger partial charge >= 0.3 is 5.97 Å². The van der Waals surface area contributed by atoms with Gasteiger partial charge in [0.15, 0.2) is 0 Å². The molecule has 24 heavy (non-hydrogen) atoms. The molecule has 2 atom stereocenters. The number of carboxylic acids is 1. The predicted molar refractivity (Wildman–Crippen MR) is 98.8 cm³/mol. The molecule has 0 spiro atoms. The molecule has 3 N–H and O–H groups in total. The maximum absolute atomic E-state index is 10.2. The first-order valence-corrected chi connectivity index (χ1v) is 8.83. The van der Waals surface area contributed by atoms with E-state index in [0.717, 1.165) is 38.2 Å². The van der Waals surface area contributed by atoms with Crippen molar-refractivity contribution in [1.29, 1.82) is 0 Å². The van der Waals surface area contributed by atoms with Crippen molar-refractivity contribution >= 4 is 5.97 Å². The number of carbonyl (C=O) groups is 1. The lowest BCUT2D eigenvalue weighted by Crippen LogP contribution is -2.24. The molecule has 0 saturated carbocycles. The predicted octanol–water partition coefficient (Wildman–Crippen LogP) is 4.16. The number of aliphatic hydroxyl groups excluding tert-OH is 2. The normalized spacial score (nSPS) is 15.1. The van der Waals surface area contributed by atoms with Gasteiger partial charge in [0, 0.05) is 6.08 Å². The number of allylic oxidation sites excluding steroid dienone is 7. The standard InChI is InChI=1S/C20H32O4/c1-2-18(21)19(22)16-14-12-10-8-6-4-3-5-7-9-11-13-15-17-20(23)24/h3,5,7,9,11,13,15,17-19,21-22H,2,4,6,8,10,12,14,16H2,1H3,(H,23,24). The molecule has 0 aromatic rings. The van der Waals surface area contributed by atoms with Crippen LogP contribution < -0.4 is 0 Å². The van der Waals surface area contributed by atoms with E-state index in [1.807, 2.05) is 25.2 Å². The Kier molecular flexibility index (Phi) is 15.1. The van der Waals surface area contributed by atoms with Crippen molar-refractivity contribution in [2.24, 2.45) is 0 Å². The summed E-state index contributed by atoms with van der Waals surface area (Å²) in [5.74, 6) is -0.946. The largest absolute Gasteiger partial charge is 0.478 e. The lowest BCUT2D eigenvalue weighted by Gasteiger charge is -2.15. The minimum atomic E-state index is -0.946. The van der Waals surface area contributed by atoms with Crippen molar-refractivity contribution in [3.8, 4) is 0 Å². The van der Waals surface area contributed by atoms with Gasteiger partial charge in [-0.3, -0.25) is 0 Å². The summed E-state index contributed by atoms with van der Waals surface area (Å²) in [5.41, 5.74) is 0. The van der Waals surface area contributed by atoms with Gasteiger partial charge in [-0.1, -0.05) is 75.1 Å². The Balaban J connectivity index is 3.48. The Morgan fingerprint density at radius 2 is 1.42 bits per heavy atom. The Labute approximate surface area is 145 Å². The fraction of sp³-hybridized carbons (Fsp3) is 0.550. The zero-order valence-corrected chi connectivity index (χ0v) is 14.7. The summed E-state index contributed by atoms with van der Waals surface area (Å²) in [6.07, 6.45) is 20.7. The molecule has 0 heterocycles. The van der Waals surface area contributed by atoms with Crippen molar-refractivity contribution in [3.63, 3.8) is 0 Å². The van der Waals surface area contributed by atoms with Crippen molar-refractivity contribution in [3.05, 3.63) is 48.6 Å². The minimum Gasteiger partial charge on any atom is -0.478 e. The highest BCUT2D eigenvalue weighted by atomic mass is 16.4. The van der Waals surface area contributed by atoms with E-state index in [1.165, 1.54) is 12.5 Å². The molecule has 0 aliphatic heterocycles. The van der Waals surface area contributed by atoms with Gasteiger partial charge in [-0.25, -0.2) is 4.79 Å². The van der Waals surface area contributed by atoms with E-state index in [1.54, 1.807) is 12.2 Å². The summed E-state index contributed by atoms with van der Waals surface area (Å²) in [5, 5.41) is 27.5. The van der Waals surface area contributed by atoms with Crippen molar-refractivity contribution < 1.29 is 20.1 Å². The van der Waals surface area contributed by atoms with E-state index in [4.69, 9.17) is 5.11 Å². The van der Waals surface area contributed by atoms with Gasteiger partial charge in [0.1, 0.15) is 0 Å². The molecule has 136 valence electrons. The highest BCUT2D eigenvalue weighted by Crippen LogP contribution is 2.11. The maximum atomic E-state index is 10.2. The Bertz CT molecular complexity index is 421. The van der Waals surface area contributed by atoms with E-state index in [0.29, 0.717) is 12.8 Å². The van der Waals surface area contributed by atoms with Crippen LogP contribution >= 0.6 is 0 Å². The van der Waals surface area contributed by atoms with Crippen LogP contribution in [0.5, 0.6) is 0 Å². The summed E-state index contributed by atoms with van der Waals surface area (Å²) in [4.78, 5) is 10.2. The van der Waals surface area contributed by atoms with Crippen LogP contribution in [0, 0.1) is 0 Å². The molecule has 0 amide bonds. The van der Waals surface area contributed by atoms with E-state index < -0.39 is 18.2 Å². The summed E-state index contributed by atoms with van der Waals surface area (Å²) in [6.45, 7) is 1.88. The van der Waals surface area contributed by atoms with Crippen LogP contribution in [0.15, 0.2) is 48.6 Å². The molecule has 4 heteroatoms. The summed E-state index contributed by atoms with van der Waals surface area (Å²) >= 11 is 0. The van der Waals surface area contributed by atoms with Crippen LogP contribution in [-0.2, 0) is 4.79 Å². The molecule has 0 rings (SSSR count). The summed E-state index contributed by atoms with van der Waals surface area (Å²) in [6, 6.07) is 0. The number of hydrogen-bond acceptors (Lipinski definition) is 3. The average molecular weight is 336 g/mol. The second-order valence-electron chi connectivity index (χ2n) is 5.78. The third-order valence-electron chi connectivity index (χ3n) is 3.66. The van der Waals surface area contributed by atoms with Gasteiger partial charge in [-0.15, -0.1) is 0 Å². The van der Waals surface area contributed by atoms with Crippen LogP contribution in [0.4, 0.5) is 0 Å². The Morgan fingerprint density at radius 1 is 0.833 bits per heavy atom. The molecule has 0 aromatic heterocycles.